The first-order chi connectivity index (χ1) is 13.8. The van der Waals surface area contributed by atoms with Gasteiger partial charge in [0.25, 0.3) is 0 Å². The first-order valence-electron chi connectivity index (χ1n) is 12.0. The lowest BCUT2D eigenvalue weighted by Gasteiger charge is -2.05. The molecule has 2 heteroatoms. The van der Waals surface area contributed by atoms with Crippen LogP contribution in [-0.4, -0.2) is 12.6 Å². The number of ether oxygens (including phenoxy) is 1. The lowest BCUT2D eigenvalue weighted by Crippen LogP contribution is -2.07. The molecule has 0 amide bonds. The number of esters is 1. The zero-order valence-corrected chi connectivity index (χ0v) is 18.4. The first kappa shape index (κ1) is 24.7. The van der Waals surface area contributed by atoms with E-state index in [-0.39, 0.29) is 5.97 Å². The highest BCUT2D eigenvalue weighted by atomic mass is 16.5. The first-order valence-corrected chi connectivity index (χ1v) is 12.0. The van der Waals surface area contributed by atoms with Crippen molar-refractivity contribution >= 4 is 5.97 Å². The Kier molecular flexibility index (Phi) is 16.8. The molecule has 0 bridgehead atoms. The summed E-state index contributed by atoms with van der Waals surface area (Å²) in [5.74, 6) is -0.0609. The summed E-state index contributed by atoms with van der Waals surface area (Å²) in [6, 6.07) is 10.1. The average Bonchev–Trinajstić information content (AvgIpc) is 2.72. The van der Waals surface area contributed by atoms with Crippen LogP contribution in [0.3, 0.4) is 0 Å². The Bertz CT molecular complexity index is 455. The van der Waals surface area contributed by atoms with Crippen LogP contribution in [0, 0.1) is 0 Å². The van der Waals surface area contributed by atoms with Gasteiger partial charge in [-0.1, -0.05) is 127 Å². The molecule has 0 saturated heterocycles. The lowest BCUT2D eigenvalue weighted by atomic mass is 10.0. The molecule has 0 unspecified atom stereocenters. The van der Waals surface area contributed by atoms with Crippen LogP contribution in [0.25, 0.3) is 0 Å². The van der Waals surface area contributed by atoms with Crippen molar-refractivity contribution in [2.45, 2.75) is 116 Å². The molecule has 0 heterocycles. The van der Waals surface area contributed by atoms with Crippen LogP contribution in [0.1, 0.15) is 115 Å². The number of carbonyl (C=O) groups excluding carboxylic acids is 1. The molecule has 1 aromatic carbocycles. The number of hydrogen-bond donors (Lipinski definition) is 0. The maximum Gasteiger partial charge on any atom is 0.306 e. The molecule has 0 atom stereocenters. The van der Waals surface area contributed by atoms with Gasteiger partial charge < -0.3 is 4.74 Å². The molecule has 0 spiro atoms. The summed E-state index contributed by atoms with van der Waals surface area (Å²) in [7, 11) is 0. The van der Waals surface area contributed by atoms with Gasteiger partial charge >= 0.3 is 5.97 Å². The summed E-state index contributed by atoms with van der Waals surface area (Å²) in [6.07, 6.45) is 21.6. The van der Waals surface area contributed by atoms with Gasteiger partial charge in [0.2, 0.25) is 0 Å². The van der Waals surface area contributed by atoms with Crippen LogP contribution in [0.15, 0.2) is 30.3 Å². The second kappa shape index (κ2) is 19.0. The molecule has 2 nitrogen and oxygen atoms in total. The predicted octanol–water partition coefficient (Wildman–Crippen LogP) is 8.03. The van der Waals surface area contributed by atoms with Gasteiger partial charge in [0, 0.05) is 6.42 Å². The van der Waals surface area contributed by atoms with Crippen molar-refractivity contribution in [3.05, 3.63) is 35.9 Å². The largest absolute Gasteiger partial charge is 0.466 e. The Balaban J connectivity index is 1.75. The minimum absolute atomic E-state index is 0.0609. The number of rotatable bonds is 19. The standard InChI is InChI=1S/C26H44O2/c1-2-3-4-5-6-7-8-9-10-11-12-13-14-15-19-24-28-26(27)23-22-25-20-17-16-18-21-25/h16-18,20-21H,2-15,19,22-24H2,1H3. The summed E-state index contributed by atoms with van der Waals surface area (Å²) in [5, 5.41) is 0. The molecule has 0 aliphatic rings. The lowest BCUT2D eigenvalue weighted by molar-refractivity contribution is -0.143. The van der Waals surface area contributed by atoms with E-state index in [4.69, 9.17) is 4.74 Å². The monoisotopic (exact) mass is 388 g/mol. The maximum absolute atomic E-state index is 11.7. The van der Waals surface area contributed by atoms with Crippen molar-refractivity contribution in [3.8, 4) is 0 Å². The maximum atomic E-state index is 11.7. The topological polar surface area (TPSA) is 26.3 Å². The van der Waals surface area contributed by atoms with Crippen LogP contribution < -0.4 is 0 Å². The molecule has 0 aliphatic heterocycles. The van der Waals surface area contributed by atoms with E-state index in [1.807, 2.05) is 18.2 Å². The summed E-state index contributed by atoms with van der Waals surface area (Å²) in [5.41, 5.74) is 1.20. The molecule has 0 saturated carbocycles. The molecule has 1 aromatic rings. The molecule has 0 fully saturated rings. The van der Waals surface area contributed by atoms with E-state index < -0.39 is 0 Å². The van der Waals surface area contributed by atoms with Gasteiger partial charge in [-0.05, 0) is 18.4 Å². The molecular weight excluding hydrogens is 344 g/mol. The van der Waals surface area contributed by atoms with Crippen molar-refractivity contribution in [2.75, 3.05) is 6.61 Å². The van der Waals surface area contributed by atoms with Crippen LogP contribution >= 0.6 is 0 Å². The van der Waals surface area contributed by atoms with Crippen molar-refractivity contribution in [2.24, 2.45) is 0 Å². The van der Waals surface area contributed by atoms with Gasteiger partial charge in [0.1, 0.15) is 0 Å². The SMILES string of the molecule is CCCCCCCCCCCCCCCCCOC(=O)CCc1ccccc1. The second-order valence-electron chi connectivity index (χ2n) is 8.16. The normalized spacial score (nSPS) is 10.9. The third kappa shape index (κ3) is 15.7. The summed E-state index contributed by atoms with van der Waals surface area (Å²) in [6.45, 7) is 2.87. The van der Waals surface area contributed by atoms with Crippen molar-refractivity contribution in [3.63, 3.8) is 0 Å². The summed E-state index contributed by atoms with van der Waals surface area (Å²) >= 11 is 0. The Labute approximate surface area is 174 Å². The summed E-state index contributed by atoms with van der Waals surface area (Å²) < 4.78 is 5.34. The van der Waals surface area contributed by atoms with Crippen LogP contribution in [0.2, 0.25) is 0 Å². The fourth-order valence-corrected chi connectivity index (χ4v) is 3.62. The molecule has 0 aromatic heterocycles. The van der Waals surface area contributed by atoms with E-state index >= 15 is 0 Å². The van der Waals surface area contributed by atoms with E-state index in [0.29, 0.717) is 13.0 Å². The second-order valence-corrected chi connectivity index (χ2v) is 8.16. The number of aryl methyl sites for hydroxylation is 1. The third-order valence-corrected chi connectivity index (χ3v) is 5.47. The highest BCUT2D eigenvalue weighted by Gasteiger charge is 2.03. The quantitative estimate of drug-likeness (QED) is 0.177. The predicted molar refractivity (Wildman–Crippen MR) is 121 cm³/mol. The molecule has 28 heavy (non-hydrogen) atoms. The van der Waals surface area contributed by atoms with Crippen molar-refractivity contribution in [1.82, 2.24) is 0 Å². The Hall–Kier alpha value is -1.31. The van der Waals surface area contributed by atoms with E-state index in [2.05, 4.69) is 19.1 Å². The molecule has 0 aliphatic carbocycles. The van der Waals surface area contributed by atoms with Gasteiger partial charge in [0.15, 0.2) is 0 Å². The fraction of sp³-hybridized carbons (Fsp3) is 0.731. The van der Waals surface area contributed by atoms with E-state index in [0.717, 1.165) is 12.8 Å². The summed E-state index contributed by atoms with van der Waals surface area (Å²) in [4.78, 5) is 11.7. The molecule has 160 valence electrons. The van der Waals surface area contributed by atoms with Gasteiger partial charge in [-0.15, -0.1) is 0 Å². The number of carbonyl (C=O) groups is 1. The Morgan fingerprint density at radius 1 is 0.679 bits per heavy atom. The number of unbranched alkanes of at least 4 members (excludes halogenated alkanes) is 14. The molecule has 1 rings (SSSR count). The van der Waals surface area contributed by atoms with Gasteiger partial charge in [-0.2, -0.15) is 0 Å². The zero-order valence-electron chi connectivity index (χ0n) is 18.4. The minimum atomic E-state index is -0.0609. The highest BCUT2D eigenvalue weighted by molar-refractivity contribution is 5.69. The van der Waals surface area contributed by atoms with E-state index in [1.165, 1.54) is 95.5 Å². The minimum Gasteiger partial charge on any atom is -0.466 e. The smallest absolute Gasteiger partial charge is 0.306 e. The van der Waals surface area contributed by atoms with Crippen LogP contribution in [0.5, 0.6) is 0 Å². The third-order valence-electron chi connectivity index (χ3n) is 5.47. The van der Waals surface area contributed by atoms with Crippen LogP contribution in [-0.2, 0) is 16.0 Å². The number of benzene rings is 1. The van der Waals surface area contributed by atoms with Gasteiger partial charge in [0.05, 0.1) is 6.61 Å². The highest BCUT2D eigenvalue weighted by Crippen LogP contribution is 2.13. The van der Waals surface area contributed by atoms with Crippen molar-refractivity contribution < 1.29 is 9.53 Å². The van der Waals surface area contributed by atoms with E-state index in [1.54, 1.807) is 0 Å². The van der Waals surface area contributed by atoms with Gasteiger partial charge in [-0.3, -0.25) is 4.79 Å². The zero-order chi connectivity index (χ0) is 20.1. The fourth-order valence-electron chi connectivity index (χ4n) is 3.62. The molecule has 0 N–H and O–H groups in total. The molecule has 0 radical (unpaired) electrons. The van der Waals surface area contributed by atoms with Gasteiger partial charge in [-0.25, -0.2) is 0 Å². The van der Waals surface area contributed by atoms with Crippen molar-refractivity contribution in [1.29, 1.82) is 0 Å². The van der Waals surface area contributed by atoms with E-state index in [9.17, 15) is 4.79 Å². The average molecular weight is 389 g/mol. The Morgan fingerprint density at radius 2 is 1.14 bits per heavy atom. The van der Waals surface area contributed by atoms with Crippen LogP contribution in [0.4, 0.5) is 0 Å². The Morgan fingerprint density at radius 3 is 1.64 bits per heavy atom. The number of hydrogen-bond acceptors (Lipinski definition) is 2. The molecular formula is C26H44O2.